The van der Waals surface area contributed by atoms with Crippen molar-refractivity contribution in [2.75, 3.05) is 136 Å². The van der Waals surface area contributed by atoms with E-state index in [0.29, 0.717) is 68.5 Å². The van der Waals surface area contributed by atoms with Crippen molar-refractivity contribution in [1.29, 1.82) is 0 Å². The Morgan fingerprint density at radius 2 is 0.847 bits per heavy atom. The number of aryl methyl sites for hydroxylation is 8. The number of fused-ring (bicyclic) bond motifs is 8. The lowest BCUT2D eigenvalue weighted by atomic mass is 10.1. The maximum atomic E-state index is 12.9. The fraction of sp³-hybridized carbons (Fsp3) is 0.345. The minimum absolute atomic E-state index is 0.0697. The Morgan fingerprint density at radius 1 is 0.415 bits per heavy atom. The Kier molecular flexibility index (Phi) is 24.1. The molecule has 0 unspecified atom stereocenters. The van der Waals surface area contributed by atoms with Gasteiger partial charge in [-0.05, 0) is 188 Å². The number of anilines is 4. The number of likely N-dealkylation sites (N-methyl/N-ethyl adjacent to an activating group) is 6. The Hall–Kier alpha value is -13.0. The Balaban J connectivity index is 0.000000129. The van der Waals surface area contributed by atoms with Gasteiger partial charge in [0.25, 0.3) is 22.2 Å². The lowest BCUT2D eigenvalue weighted by Crippen LogP contribution is -2.31. The van der Waals surface area contributed by atoms with Crippen LogP contribution in [0.1, 0.15) is 72.6 Å². The SMILES string of the molecule is CCc1nc(C)cn2nc(-c3cc(=O)n4cc(N(C)CCN(C)C)ccc4n3)cc12.CCc1nc(C)cn2nc(-c3cc(=O)n4cc(N(C)CCNC)ccc4n3)cc12.CCc1nc(C)cn2nc(-c3cc(=O)n4cc(NCCN(C)C)ccc4n3)cc12.Cc1cn2cc(-c3cc(=O)n4cc(N5CC[C@@H](N(C)C)C5)ccc4n3)cc(C)c2n1. The average Bonchev–Trinajstić information content (AvgIpc) is 1.77. The van der Waals surface area contributed by atoms with Gasteiger partial charge in [-0.2, -0.15) is 15.3 Å². The van der Waals surface area contributed by atoms with Crippen LogP contribution in [-0.4, -0.2) is 227 Å². The minimum Gasteiger partial charge on any atom is -0.383 e. The second-order valence-corrected chi connectivity index (χ2v) is 30.9. The number of aromatic nitrogens is 19. The molecule has 0 radical (unpaired) electrons. The normalized spacial score (nSPS) is 12.9. The van der Waals surface area contributed by atoms with Crippen LogP contribution in [0.25, 0.3) is 90.2 Å². The number of pyridine rings is 5. The first-order chi connectivity index (χ1) is 56.7. The molecule has 1 fully saturated rings. The third kappa shape index (κ3) is 17.9. The first kappa shape index (κ1) is 81.6. The van der Waals surface area contributed by atoms with Gasteiger partial charge in [-0.1, -0.05) is 20.8 Å². The van der Waals surface area contributed by atoms with E-state index in [1.165, 1.54) is 12.1 Å². The molecular formula is C87H103N27O4. The Morgan fingerprint density at radius 3 is 1.31 bits per heavy atom. The summed E-state index contributed by atoms with van der Waals surface area (Å²) in [5, 5.41) is 20.3. The summed E-state index contributed by atoms with van der Waals surface area (Å²) in [6.07, 6.45) is 20.6. The van der Waals surface area contributed by atoms with Crippen LogP contribution in [0.2, 0.25) is 0 Å². The van der Waals surface area contributed by atoms with E-state index in [-0.39, 0.29) is 22.2 Å². The monoisotopic (exact) mass is 1590 g/mol. The molecule has 0 saturated carbocycles. The first-order valence-electron chi connectivity index (χ1n) is 39.9. The van der Waals surface area contributed by atoms with Gasteiger partial charge in [0.05, 0.1) is 121 Å². The molecule has 0 bridgehead atoms. The molecule has 17 rings (SSSR count). The quantitative estimate of drug-likeness (QED) is 0.0677. The van der Waals surface area contributed by atoms with E-state index in [9.17, 15) is 19.2 Å². The topological polar surface area (TPSA) is 289 Å². The van der Waals surface area contributed by atoms with Crippen LogP contribution in [-0.2, 0) is 19.3 Å². The molecule has 0 spiro atoms. The highest BCUT2D eigenvalue weighted by atomic mass is 16.1. The van der Waals surface area contributed by atoms with Gasteiger partial charge in [-0.25, -0.2) is 38.5 Å². The molecular weight excluding hydrogens is 1490 g/mol. The summed E-state index contributed by atoms with van der Waals surface area (Å²) in [5.74, 6) is 0. The van der Waals surface area contributed by atoms with Crippen molar-refractivity contribution >= 4 is 67.5 Å². The largest absolute Gasteiger partial charge is 0.383 e. The third-order valence-electron chi connectivity index (χ3n) is 21.1. The van der Waals surface area contributed by atoms with Crippen molar-refractivity contribution in [3.63, 3.8) is 0 Å². The summed E-state index contributed by atoms with van der Waals surface area (Å²) in [6, 6.07) is 30.2. The average molecular weight is 1590 g/mol. The number of nitrogens with one attached hydrogen (secondary N) is 2. The van der Waals surface area contributed by atoms with Crippen LogP contribution >= 0.6 is 0 Å². The number of hydrogen-bond donors (Lipinski definition) is 2. The standard InChI is InChI=1S/C23H26N6O.C22H27N7O.2C21H25N7O/c1-15-9-17(12-28-11-16(2)24-23(15)28)20-10-22(30)29-14-19(5-6-21(29)25-20)27-8-7-18(13-27)26(3)4;1-6-17-20-11-19(25-29(20)13-15(2)23-17)18-12-22(30)28-14-16(7-8-21(28)24-18)27(5)10-9-26(3)4;1-5-16-19-10-18(25-28(19)12-14(2)23-16)17-11-21(29)27-13-15(6-7-20(27)24-17)22-8-9-26(3)4;1-5-16-19-10-18(25-28(19)12-14(2)23-16)17-11-21(29)27-13-15(6-7-20(27)24-17)26(4)9-8-22-3/h5-6,9-12,14,18H,7-8,13H2,1-4H3;7-8,11-14H,6,9-10H2,1-5H3;2*6-7,10-13,22H,5,8-9H2,1-4H3/t18-;;;/m1.../s1. The highest BCUT2D eigenvalue weighted by Gasteiger charge is 2.25. The van der Waals surface area contributed by atoms with Crippen molar-refractivity contribution in [3.8, 4) is 45.4 Å². The van der Waals surface area contributed by atoms with Crippen LogP contribution in [0.4, 0.5) is 22.7 Å². The van der Waals surface area contributed by atoms with Gasteiger partial charge in [0, 0.05) is 140 Å². The minimum atomic E-state index is -0.136. The van der Waals surface area contributed by atoms with Crippen molar-refractivity contribution in [3.05, 3.63) is 240 Å². The molecule has 31 heteroatoms. The van der Waals surface area contributed by atoms with Crippen LogP contribution in [0.15, 0.2) is 172 Å². The van der Waals surface area contributed by atoms with E-state index >= 15 is 0 Å². The summed E-state index contributed by atoms with van der Waals surface area (Å²) in [7, 11) is 18.3. The molecule has 118 heavy (non-hydrogen) atoms. The van der Waals surface area contributed by atoms with E-state index < -0.39 is 0 Å². The summed E-state index contributed by atoms with van der Waals surface area (Å²) in [4.78, 5) is 102. The van der Waals surface area contributed by atoms with Gasteiger partial charge in [-0.15, -0.1) is 0 Å². The first-order valence-corrected chi connectivity index (χ1v) is 39.9. The molecule has 16 aromatic heterocycles. The molecule has 0 aromatic carbocycles. The van der Waals surface area contributed by atoms with E-state index in [1.807, 2.05) is 218 Å². The van der Waals surface area contributed by atoms with Gasteiger partial charge in [0.2, 0.25) is 0 Å². The molecule has 17 heterocycles. The molecule has 0 aliphatic carbocycles. The van der Waals surface area contributed by atoms with Gasteiger partial charge in [-0.3, -0.25) is 51.7 Å². The molecule has 1 aliphatic rings. The Labute approximate surface area is 682 Å². The molecule has 610 valence electrons. The van der Waals surface area contributed by atoms with Crippen molar-refractivity contribution in [1.82, 2.24) is 111 Å². The van der Waals surface area contributed by atoms with E-state index in [4.69, 9.17) is 9.97 Å². The highest BCUT2D eigenvalue weighted by molar-refractivity contribution is 5.71. The van der Waals surface area contributed by atoms with Gasteiger partial charge >= 0.3 is 0 Å². The van der Waals surface area contributed by atoms with Crippen LogP contribution < -0.4 is 47.6 Å². The molecule has 0 amide bonds. The zero-order valence-corrected chi connectivity index (χ0v) is 70.3. The summed E-state index contributed by atoms with van der Waals surface area (Å²) in [5.41, 5.74) is 22.6. The lowest BCUT2D eigenvalue weighted by Gasteiger charge is -2.22. The molecule has 1 atom stereocenters. The predicted molar refractivity (Wildman–Crippen MR) is 468 cm³/mol. The van der Waals surface area contributed by atoms with Crippen molar-refractivity contribution in [2.45, 2.75) is 87.1 Å². The Bertz CT molecular complexity index is 6660. The summed E-state index contributed by atoms with van der Waals surface area (Å²) in [6.45, 7) is 23.3. The van der Waals surface area contributed by atoms with Crippen LogP contribution in [0, 0.1) is 34.6 Å². The second-order valence-electron chi connectivity index (χ2n) is 30.9. The lowest BCUT2D eigenvalue weighted by molar-refractivity contribution is 0.315. The number of hydrogen-bond acceptors (Lipinski definition) is 23. The molecule has 1 saturated heterocycles. The molecule has 1 aliphatic heterocycles. The van der Waals surface area contributed by atoms with Gasteiger partial charge in [0.1, 0.15) is 45.3 Å². The third-order valence-corrected chi connectivity index (χ3v) is 21.1. The van der Waals surface area contributed by atoms with E-state index in [1.54, 1.807) is 35.9 Å². The second kappa shape index (κ2) is 34.8. The fourth-order valence-corrected chi connectivity index (χ4v) is 14.6. The number of nitrogens with zero attached hydrogens (tertiary/aromatic N) is 25. The van der Waals surface area contributed by atoms with Crippen LogP contribution in [0.5, 0.6) is 0 Å². The maximum Gasteiger partial charge on any atom is 0.258 e. The zero-order chi connectivity index (χ0) is 83.5. The predicted octanol–water partition coefficient (Wildman–Crippen LogP) is 9.22. The van der Waals surface area contributed by atoms with Gasteiger partial charge < -0.3 is 44.4 Å². The number of imidazole rings is 1. The van der Waals surface area contributed by atoms with E-state index in [2.05, 4.69) is 126 Å². The van der Waals surface area contributed by atoms with E-state index in [0.717, 1.165) is 174 Å². The summed E-state index contributed by atoms with van der Waals surface area (Å²) >= 11 is 0. The smallest absolute Gasteiger partial charge is 0.258 e. The molecule has 31 nitrogen and oxygen atoms in total. The fourth-order valence-electron chi connectivity index (χ4n) is 14.6. The molecule has 2 N–H and O–H groups in total. The zero-order valence-electron chi connectivity index (χ0n) is 70.3. The number of rotatable bonds is 21. The van der Waals surface area contributed by atoms with Gasteiger partial charge in [0.15, 0.2) is 0 Å². The van der Waals surface area contributed by atoms with Crippen LogP contribution in [0.3, 0.4) is 0 Å². The van der Waals surface area contributed by atoms with Crippen molar-refractivity contribution < 1.29 is 0 Å². The summed E-state index contributed by atoms with van der Waals surface area (Å²) < 4.78 is 13.8. The highest BCUT2D eigenvalue weighted by Crippen LogP contribution is 2.29. The maximum absolute atomic E-state index is 12.9. The van der Waals surface area contributed by atoms with Crippen molar-refractivity contribution in [2.24, 2.45) is 0 Å². The molecule has 16 aromatic rings.